The molecule has 0 aliphatic carbocycles. The van der Waals surface area contributed by atoms with Gasteiger partial charge in [-0.1, -0.05) is 5.16 Å². The van der Waals surface area contributed by atoms with E-state index in [0.29, 0.717) is 5.75 Å². The molecule has 116 valence electrons. The molecule has 0 aromatic heterocycles. The average molecular weight is 297 g/mol. The van der Waals surface area contributed by atoms with Gasteiger partial charge in [-0.25, -0.2) is 4.39 Å². The minimum absolute atomic E-state index is 0.0173. The van der Waals surface area contributed by atoms with Crippen LogP contribution < -0.4 is 10.5 Å². The van der Waals surface area contributed by atoms with Gasteiger partial charge in [-0.15, -0.1) is 0 Å². The van der Waals surface area contributed by atoms with Gasteiger partial charge in [0.15, 0.2) is 0 Å². The molecule has 1 aromatic rings. The van der Waals surface area contributed by atoms with Crippen molar-refractivity contribution in [3.63, 3.8) is 0 Å². The zero-order chi connectivity index (χ0) is 16.0. The first-order chi connectivity index (χ1) is 9.90. The summed E-state index contributed by atoms with van der Waals surface area (Å²) in [7, 11) is 1.42. The van der Waals surface area contributed by atoms with Crippen LogP contribution in [0.4, 0.5) is 4.39 Å². The van der Waals surface area contributed by atoms with Gasteiger partial charge >= 0.3 is 0 Å². The fraction of sp³-hybridized carbons (Fsp3) is 0.429. The number of oxime groups is 1. The van der Waals surface area contributed by atoms with Gasteiger partial charge in [0.2, 0.25) is 0 Å². The summed E-state index contributed by atoms with van der Waals surface area (Å²) in [6.45, 7) is 3.86. The predicted octanol–water partition coefficient (Wildman–Crippen LogP) is 1.82. The highest BCUT2D eigenvalue weighted by Crippen LogP contribution is 2.19. The van der Waals surface area contributed by atoms with E-state index in [2.05, 4.69) is 5.16 Å². The number of benzene rings is 1. The molecular formula is C14H20FN3O3. The summed E-state index contributed by atoms with van der Waals surface area (Å²) >= 11 is 0. The standard InChI is InChI=1S/C14H20FN3O3/c1-9(2)18(7-6-13(16)17-20)14(19)11-5-4-10(21-3)8-12(11)15/h4-5,8-9,20H,6-7H2,1-3H3,(H2,16,17). The van der Waals surface area contributed by atoms with Gasteiger partial charge in [0, 0.05) is 25.1 Å². The number of halogens is 1. The number of rotatable bonds is 6. The predicted molar refractivity (Wildman–Crippen MR) is 77.2 cm³/mol. The van der Waals surface area contributed by atoms with Gasteiger partial charge in [-0.05, 0) is 26.0 Å². The molecule has 0 aliphatic rings. The zero-order valence-electron chi connectivity index (χ0n) is 12.3. The van der Waals surface area contributed by atoms with Gasteiger partial charge in [0.1, 0.15) is 17.4 Å². The molecule has 7 heteroatoms. The summed E-state index contributed by atoms with van der Waals surface area (Å²) in [4.78, 5) is 13.9. The summed E-state index contributed by atoms with van der Waals surface area (Å²) in [5.41, 5.74) is 5.36. The van der Waals surface area contributed by atoms with Crippen LogP contribution in [0.1, 0.15) is 30.6 Å². The lowest BCUT2D eigenvalue weighted by atomic mass is 10.1. The van der Waals surface area contributed by atoms with E-state index in [1.165, 1.54) is 24.1 Å². The summed E-state index contributed by atoms with van der Waals surface area (Å²) in [6, 6.07) is 3.92. The fourth-order valence-corrected chi connectivity index (χ4v) is 1.83. The average Bonchev–Trinajstić information content (AvgIpc) is 2.46. The van der Waals surface area contributed by atoms with Crippen LogP contribution in [0.15, 0.2) is 23.4 Å². The Morgan fingerprint density at radius 2 is 2.19 bits per heavy atom. The second kappa shape index (κ2) is 7.47. The maximum atomic E-state index is 14.0. The number of nitrogens with two attached hydrogens (primary N) is 1. The number of hydrogen-bond donors (Lipinski definition) is 2. The first-order valence-electron chi connectivity index (χ1n) is 6.51. The minimum Gasteiger partial charge on any atom is -0.497 e. The van der Waals surface area contributed by atoms with Crippen molar-refractivity contribution in [3.05, 3.63) is 29.6 Å². The van der Waals surface area contributed by atoms with Crippen LogP contribution >= 0.6 is 0 Å². The Morgan fingerprint density at radius 3 is 2.67 bits per heavy atom. The minimum atomic E-state index is -0.645. The number of amides is 1. The third-order valence-electron chi connectivity index (χ3n) is 3.03. The Hall–Kier alpha value is -2.31. The van der Waals surface area contributed by atoms with Gasteiger partial charge in [-0.2, -0.15) is 0 Å². The van der Waals surface area contributed by atoms with Crippen LogP contribution in [-0.4, -0.2) is 41.5 Å². The second-order valence-corrected chi connectivity index (χ2v) is 4.78. The lowest BCUT2D eigenvalue weighted by Crippen LogP contribution is -2.39. The normalized spacial score (nSPS) is 11.6. The van der Waals surface area contributed by atoms with Crippen LogP contribution in [0.2, 0.25) is 0 Å². The number of nitrogens with zero attached hydrogens (tertiary/aromatic N) is 2. The Kier molecular flexibility index (Phi) is 5.95. The quantitative estimate of drug-likeness (QED) is 0.363. The molecule has 0 saturated heterocycles. The van der Waals surface area contributed by atoms with Crippen LogP contribution in [0, 0.1) is 5.82 Å². The number of carbonyl (C=O) groups is 1. The Labute approximate surface area is 123 Å². The number of carbonyl (C=O) groups excluding carboxylic acids is 1. The molecule has 0 unspecified atom stereocenters. The second-order valence-electron chi connectivity index (χ2n) is 4.78. The van der Waals surface area contributed by atoms with Crippen molar-refractivity contribution in [1.29, 1.82) is 0 Å². The van der Waals surface area contributed by atoms with E-state index in [1.807, 2.05) is 13.8 Å². The Bertz CT molecular complexity index is 532. The van der Waals surface area contributed by atoms with Crippen molar-refractivity contribution in [1.82, 2.24) is 4.90 Å². The van der Waals surface area contributed by atoms with Crippen LogP contribution in [-0.2, 0) is 0 Å². The van der Waals surface area contributed by atoms with Crippen molar-refractivity contribution in [2.45, 2.75) is 26.3 Å². The molecule has 0 spiro atoms. The highest BCUT2D eigenvalue weighted by molar-refractivity contribution is 5.95. The summed E-state index contributed by atoms with van der Waals surface area (Å²) in [5.74, 6) is -0.731. The fourth-order valence-electron chi connectivity index (χ4n) is 1.83. The molecule has 6 nitrogen and oxygen atoms in total. The van der Waals surface area contributed by atoms with Crippen LogP contribution in [0.25, 0.3) is 0 Å². The highest BCUT2D eigenvalue weighted by atomic mass is 19.1. The molecule has 0 bridgehead atoms. The third kappa shape index (κ3) is 4.34. The number of amidine groups is 1. The van der Waals surface area contributed by atoms with E-state index in [1.54, 1.807) is 0 Å². The molecule has 3 N–H and O–H groups in total. The summed E-state index contributed by atoms with van der Waals surface area (Å²) in [6.07, 6.45) is 0.207. The van der Waals surface area contributed by atoms with Crippen molar-refractivity contribution >= 4 is 11.7 Å². The molecule has 1 amide bonds. The van der Waals surface area contributed by atoms with Gasteiger partial charge in [0.05, 0.1) is 12.7 Å². The monoisotopic (exact) mass is 297 g/mol. The van der Waals surface area contributed by atoms with E-state index < -0.39 is 11.7 Å². The first kappa shape index (κ1) is 16.7. The highest BCUT2D eigenvalue weighted by Gasteiger charge is 2.22. The molecule has 0 radical (unpaired) electrons. The number of ether oxygens (including phenoxy) is 1. The smallest absolute Gasteiger partial charge is 0.257 e. The van der Waals surface area contributed by atoms with Gasteiger partial charge in [0.25, 0.3) is 5.91 Å². The van der Waals surface area contributed by atoms with Gasteiger partial charge in [-0.3, -0.25) is 4.79 Å². The maximum Gasteiger partial charge on any atom is 0.257 e. The molecule has 0 heterocycles. The molecule has 1 rings (SSSR count). The van der Waals surface area contributed by atoms with E-state index in [4.69, 9.17) is 15.7 Å². The van der Waals surface area contributed by atoms with Crippen LogP contribution in [0.3, 0.4) is 0 Å². The van der Waals surface area contributed by atoms with E-state index in [9.17, 15) is 9.18 Å². The third-order valence-corrected chi connectivity index (χ3v) is 3.03. The topological polar surface area (TPSA) is 88.2 Å². The van der Waals surface area contributed by atoms with Gasteiger partial charge < -0.3 is 20.6 Å². The number of hydrogen-bond acceptors (Lipinski definition) is 4. The molecule has 0 fully saturated rings. The molecule has 1 aromatic carbocycles. The Morgan fingerprint density at radius 1 is 1.52 bits per heavy atom. The number of methoxy groups -OCH3 is 1. The first-order valence-corrected chi connectivity index (χ1v) is 6.51. The Balaban J connectivity index is 2.95. The summed E-state index contributed by atoms with van der Waals surface area (Å²) in [5, 5.41) is 11.4. The SMILES string of the molecule is COc1ccc(C(=O)N(CC/C(N)=N/O)C(C)C)c(F)c1. The van der Waals surface area contributed by atoms with Crippen molar-refractivity contribution in [2.24, 2.45) is 10.9 Å². The molecule has 0 atom stereocenters. The molecule has 0 saturated carbocycles. The molecule has 21 heavy (non-hydrogen) atoms. The lowest BCUT2D eigenvalue weighted by molar-refractivity contribution is 0.0706. The zero-order valence-corrected chi connectivity index (χ0v) is 12.3. The van der Waals surface area contributed by atoms with Crippen molar-refractivity contribution < 1.29 is 19.1 Å². The largest absolute Gasteiger partial charge is 0.497 e. The lowest BCUT2D eigenvalue weighted by Gasteiger charge is -2.27. The van der Waals surface area contributed by atoms with Crippen LogP contribution in [0.5, 0.6) is 5.75 Å². The van der Waals surface area contributed by atoms with Crippen molar-refractivity contribution in [3.8, 4) is 5.75 Å². The molecular weight excluding hydrogens is 277 g/mol. The van der Waals surface area contributed by atoms with Crippen molar-refractivity contribution in [2.75, 3.05) is 13.7 Å². The molecule has 0 aliphatic heterocycles. The van der Waals surface area contributed by atoms with E-state index >= 15 is 0 Å². The van der Waals surface area contributed by atoms with E-state index in [0.717, 1.165) is 6.07 Å². The summed E-state index contributed by atoms with van der Waals surface area (Å²) < 4.78 is 18.9. The van der Waals surface area contributed by atoms with E-state index in [-0.39, 0.29) is 30.4 Å². The maximum absolute atomic E-state index is 14.0.